The van der Waals surface area contributed by atoms with Crippen LogP contribution in [0.1, 0.15) is 28.7 Å². The monoisotopic (exact) mass is 224 g/mol. The molecule has 4 nitrogen and oxygen atoms in total. The van der Waals surface area contributed by atoms with Crippen LogP contribution in [0.2, 0.25) is 0 Å². The number of hydrogen-bond acceptors (Lipinski definition) is 3. The van der Waals surface area contributed by atoms with Crippen LogP contribution in [-0.2, 0) is 13.5 Å². The zero-order valence-corrected chi connectivity index (χ0v) is 9.47. The first kappa shape index (κ1) is 10.2. The van der Waals surface area contributed by atoms with Crippen molar-refractivity contribution in [2.45, 2.75) is 19.8 Å². The van der Waals surface area contributed by atoms with E-state index in [1.165, 1.54) is 11.3 Å². The number of carboxylic acids is 1. The van der Waals surface area contributed by atoms with Gasteiger partial charge in [-0.15, -0.1) is 11.3 Å². The summed E-state index contributed by atoms with van der Waals surface area (Å²) in [7, 11) is 1.85. The molecule has 0 unspecified atom stereocenters. The average Bonchev–Trinajstić information content (AvgIpc) is 2.70. The van der Waals surface area contributed by atoms with E-state index in [2.05, 4.69) is 12.0 Å². The molecule has 2 heterocycles. The Labute approximate surface area is 91.1 Å². The molecule has 0 aliphatic carbocycles. The lowest BCUT2D eigenvalue weighted by Crippen LogP contribution is -1.93. The minimum atomic E-state index is -0.862. The highest BCUT2D eigenvalue weighted by Gasteiger charge is 2.15. The van der Waals surface area contributed by atoms with Crippen LogP contribution < -0.4 is 0 Å². The summed E-state index contributed by atoms with van der Waals surface area (Å²) < 4.78 is 1.76. The van der Waals surface area contributed by atoms with Crippen molar-refractivity contribution in [2.24, 2.45) is 7.05 Å². The molecule has 0 saturated carbocycles. The SMILES string of the molecule is CCCc1nn(C)c2sc(C(=O)O)cc12. The summed E-state index contributed by atoms with van der Waals surface area (Å²) in [6.07, 6.45) is 1.91. The highest BCUT2D eigenvalue weighted by molar-refractivity contribution is 7.20. The van der Waals surface area contributed by atoms with Gasteiger partial charge in [-0.3, -0.25) is 4.68 Å². The molecular weight excluding hydrogens is 212 g/mol. The fourth-order valence-corrected chi connectivity index (χ4v) is 2.57. The quantitative estimate of drug-likeness (QED) is 0.870. The van der Waals surface area contributed by atoms with Crippen molar-refractivity contribution < 1.29 is 9.90 Å². The molecule has 0 bridgehead atoms. The minimum Gasteiger partial charge on any atom is -0.477 e. The number of rotatable bonds is 3. The van der Waals surface area contributed by atoms with Crippen LogP contribution in [0.5, 0.6) is 0 Å². The van der Waals surface area contributed by atoms with E-state index in [0.29, 0.717) is 4.88 Å². The fourth-order valence-electron chi connectivity index (χ4n) is 1.64. The van der Waals surface area contributed by atoms with Crippen molar-refractivity contribution in [1.82, 2.24) is 9.78 Å². The third kappa shape index (κ3) is 1.63. The molecule has 0 fully saturated rings. The molecule has 2 aromatic heterocycles. The van der Waals surface area contributed by atoms with Crippen LogP contribution in [0.4, 0.5) is 0 Å². The van der Waals surface area contributed by atoms with E-state index in [4.69, 9.17) is 5.11 Å². The Morgan fingerprint density at radius 3 is 3.00 bits per heavy atom. The van der Waals surface area contributed by atoms with E-state index < -0.39 is 5.97 Å². The predicted molar refractivity (Wildman–Crippen MR) is 59.5 cm³/mol. The maximum atomic E-state index is 10.8. The lowest BCUT2D eigenvalue weighted by atomic mass is 10.2. The normalized spacial score (nSPS) is 11.1. The number of aromatic nitrogens is 2. The van der Waals surface area contributed by atoms with Crippen molar-refractivity contribution in [2.75, 3.05) is 0 Å². The number of aromatic carboxylic acids is 1. The summed E-state index contributed by atoms with van der Waals surface area (Å²) in [6, 6.07) is 1.72. The van der Waals surface area contributed by atoms with E-state index in [1.54, 1.807) is 10.7 Å². The fraction of sp³-hybridized carbons (Fsp3) is 0.400. The Bertz CT molecular complexity index is 513. The largest absolute Gasteiger partial charge is 0.477 e. The third-order valence-corrected chi connectivity index (χ3v) is 3.48. The van der Waals surface area contributed by atoms with E-state index in [1.807, 2.05) is 7.05 Å². The van der Waals surface area contributed by atoms with Gasteiger partial charge >= 0.3 is 5.97 Å². The predicted octanol–water partition coefficient (Wildman–Crippen LogP) is 2.29. The first-order valence-corrected chi connectivity index (χ1v) is 5.63. The number of hydrogen-bond donors (Lipinski definition) is 1. The van der Waals surface area contributed by atoms with Gasteiger partial charge in [-0.05, 0) is 12.5 Å². The topological polar surface area (TPSA) is 55.1 Å². The van der Waals surface area contributed by atoms with Gasteiger partial charge in [-0.2, -0.15) is 5.10 Å². The zero-order chi connectivity index (χ0) is 11.0. The first-order valence-electron chi connectivity index (χ1n) is 4.82. The summed E-state index contributed by atoms with van der Waals surface area (Å²) in [5.41, 5.74) is 0.999. The highest BCUT2D eigenvalue weighted by Crippen LogP contribution is 2.28. The van der Waals surface area contributed by atoms with Gasteiger partial charge in [0.25, 0.3) is 0 Å². The summed E-state index contributed by atoms with van der Waals surface area (Å²) in [4.78, 5) is 12.2. The first-order chi connectivity index (χ1) is 7.13. The summed E-state index contributed by atoms with van der Waals surface area (Å²) in [6.45, 7) is 2.09. The Kier molecular flexibility index (Phi) is 2.48. The molecule has 0 spiro atoms. The van der Waals surface area contributed by atoms with Gasteiger partial charge in [-0.1, -0.05) is 13.3 Å². The Balaban J connectivity index is 2.59. The second-order valence-electron chi connectivity index (χ2n) is 3.45. The summed E-state index contributed by atoms with van der Waals surface area (Å²) >= 11 is 1.28. The Hall–Kier alpha value is -1.36. The summed E-state index contributed by atoms with van der Waals surface area (Å²) in [5, 5.41) is 14.3. The maximum absolute atomic E-state index is 10.8. The number of fused-ring (bicyclic) bond motifs is 1. The van der Waals surface area contributed by atoms with E-state index >= 15 is 0 Å². The molecule has 5 heteroatoms. The van der Waals surface area contributed by atoms with E-state index in [9.17, 15) is 4.79 Å². The van der Waals surface area contributed by atoms with Crippen LogP contribution in [0, 0.1) is 0 Å². The maximum Gasteiger partial charge on any atom is 0.345 e. The smallest absolute Gasteiger partial charge is 0.345 e. The molecular formula is C10H12N2O2S. The Morgan fingerprint density at radius 2 is 2.40 bits per heavy atom. The van der Waals surface area contributed by atoms with Crippen molar-refractivity contribution in [3.8, 4) is 0 Å². The molecule has 0 aromatic carbocycles. The minimum absolute atomic E-state index is 0.385. The molecule has 2 aromatic rings. The molecule has 0 atom stereocenters. The molecule has 0 amide bonds. The molecule has 1 N–H and O–H groups in total. The van der Waals surface area contributed by atoms with Gasteiger partial charge in [0.1, 0.15) is 9.71 Å². The van der Waals surface area contributed by atoms with Gasteiger partial charge in [0.2, 0.25) is 0 Å². The molecule has 0 aliphatic heterocycles. The molecule has 0 saturated heterocycles. The Morgan fingerprint density at radius 1 is 1.67 bits per heavy atom. The lowest BCUT2D eigenvalue weighted by molar-refractivity contribution is 0.0702. The number of carboxylic acid groups (broad SMARTS) is 1. The van der Waals surface area contributed by atoms with Crippen LogP contribution in [0.25, 0.3) is 10.2 Å². The van der Waals surface area contributed by atoms with Gasteiger partial charge < -0.3 is 5.11 Å². The average molecular weight is 224 g/mol. The molecule has 0 radical (unpaired) electrons. The molecule has 0 aliphatic rings. The second kappa shape index (κ2) is 3.66. The van der Waals surface area contributed by atoms with E-state index in [-0.39, 0.29) is 0 Å². The van der Waals surface area contributed by atoms with Gasteiger partial charge in [-0.25, -0.2) is 4.79 Å². The zero-order valence-electron chi connectivity index (χ0n) is 8.65. The van der Waals surface area contributed by atoms with Gasteiger partial charge in [0.05, 0.1) is 5.69 Å². The van der Waals surface area contributed by atoms with Gasteiger partial charge in [0.15, 0.2) is 0 Å². The van der Waals surface area contributed by atoms with Crippen molar-refractivity contribution in [1.29, 1.82) is 0 Å². The van der Waals surface area contributed by atoms with Crippen molar-refractivity contribution >= 4 is 27.5 Å². The number of carbonyl (C=O) groups is 1. The highest BCUT2D eigenvalue weighted by atomic mass is 32.1. The molecule has 80 valence electrons. The van der Waals surface area contributed by atoms with Crippen LogP contribution in [0.3, 0.4) is 0 Å². The lowest BCUT2D eigenvalue weighted by Gasteiger charge is -1.91. The molecule has 2 rings (SSSR count). The van der Waals surface area contributed by atoms with Crippen LogP contribution in [0.15, 0.2) is 6.07 Å². The standard InChI is InChI=1S/C10H12N2O2S/c1-3-4-7-6-5-8(10(13)14)15-9(6)12(2)11-7/h5H,3-4H2,1-2H3,(H,13,14). The summed E-state index contributed by atoms with van der Waals surface area (Å²) in [5.74, 6) is -0.862. The van der Waals surface area contributed by atoms with E-state index in [0.717, 1.165) is 28.8 Å². The number of thiophene rings is 1. The number of aryl methyl sites for hydroxylation is 2. The number of nitrogens with zero attached hydrogens (tertiary/aromatic N) is 2. The van der Waals surface area contributed by atoms with Gasteiger partial charge in [0, 0.05) is 12.4 Å². The van der Waals surface area contributed by atoms with Crippen molar-refractivity contribution in [3.63, 3.8) is 0 Å². The van der Waals surface area contributed by atoms with Crippen LogP contribution in [-0.4, -0.2) is 20.9 Å². The second-order valence-corrected chi connectivity index (χ2v) is 4.49. The molecule has 15 heavy (non-hydrogen) atoms. The third-order valence-electron chi connectivity index (χ3n) is 2.29. The van der Waals surface area contributed by atoms with Crippen LogP contribution >= 0.6 is 11.3 Å². The van der Waals surface area contributed by atoms with Crippen molar-refractivity contribution in [3.05, 3.63) is 16.6 Å².